The van der Waals surface area contributed by atoms with Crippen LogP contribution in [0.4, 0.5) is 4.79 Å². The van der Waals surface area contributed by atoms with Gasteiger partial charge < -0.3 is 9.64 Å². The largest absolute Gasteiger partial charge is 0.450 e. The van der Waals surface area contributed by atoms with Crippen LogP contribution >= 0.6 is 22.6 Å². The summed E-state index contributed by atoms with van der Waals surface area (Å²) in [4.78, 5) is 12.6. The van der Waals surface area contributed by atoms with E-state index in [2.05, 4.69) is 22.6 Å². The molecule has 1 saturated heterocycles. The van der Waals surface area contributed by atoms with Crippen LogP contribution in [0.25, 0.3) is 0 Å². The predicted octanol–water partition coefficient (Wildman–Crippen LogP) is 1.26. The van der Waals surface area contributed by atoms with E-state index in [1.807, 2.05) is 6.92 Å². The van der Waals surface area contributed by atoms with E-state index in [-0.39, 0.29) is 6.09 Å². The molecule has 1 aliphatic heterocycles. The molecule has 0 radical (unpaired) electrons. The SMILES string of the molecule is CCOC(=O)N1CC(I)C1. The highest BCUT2D eigenvalue weighted by Crippen LogP contribution is 2.16. The lowest BCUT2D eigenvalue weighted by Gasteiger charge is -2.34. The number of likely N-dealkylation sites (tertiary alicyclic amines) is 1. The molecular weight excluding hydrogens is 245 g/mol. The number of ether oxygens (including phenoxy) is 1. The molecule has 1 heterocycles. The quantitative estimate of drug-likeness (QED) is 0.521. The second-order valence-corrected chi connectivity index (χ2v) is 3.96. The number of carbonyl (C=O) groups is 1. The normalized spacial score (nSPS) is 18.4. The maximum atomic E-state index is 10.9. The summed E-state index contributed by atoms with van der Waals surface area (Å²) in [7, 11) is 0. The lowest BCUT2D eigenvalue weighted by Crippen LogP contribution is -2.50. The number of amides is 1. The van der Waals surface area contributed by atoms with Crippen molar-refractivity contribution in [1.29, 1.82) is 0 Å². The van der Waals surface area contributed by atoms with Gasteiger partial charge in [-0.25, -0.2) is 4.79 Å². The van der Waals surface area contributed by atoms with Gasteiger partial charge in [-0.1, -0.05) is 22.6 Å². The third-order valence-electron chi connectivity index (χ3n) is 1.36. The average Bonchev–Trinajstić information content (AvgIpc) is 1.82. The minimum Gasteiger partial charge on any atom is -0.450 e. The summed E-state index contributed by atoms with van der Waals surface area (Å²) in [5, 5.41) is 0. The summed E-state index contributed by atoms with van der Waals surface area (Å²) in [6, 6.07) is 0. The van der Waals surface area contributed by atoms with Crippen LogP contribution in [0.1, 0.15) is 6.92 Å². The molecule has 0 atom stereocenters. The van der Waals surface area contributed by atoms with Crippen LogP contribution in [-0.4, -0.2) is 34.6 Å². The smallest absolute Gasteiger partial charge is 0.409 e. The first-order valence-electron chi connectivity index (χ1n) is 3.29. The molecule has 0 aromatic carbocycles. The van der Waals surface area contributed by atoms with E-state index in [4.69, 9.17) is 4.74 Å². The Hall–Kier alpha value is 0. The van der Waals surface area contributed by atoms with Crippen molar-refractivity contribution in [1.82, 2.24) is 4.90 Å². The molecule has 0 aromatic heterocycles. The molecule has 0 unspecified atom stereocenters. The fourth-order valence-electron chi connectivity index (χ4n) is 0.789. The van der Waals surface area contributed by atoms with Crippen LogP contribution in [0.3, 0.4) is 0 Å². The third-order valence-corrected chi connectivity index (χ3v) is 2.15. The van der Waals surface area contributed by atoms with E-state index in [0.717, 1.165) is 13.1 Å². The number of hydrogen-bond donors (Lipinski definition) is 0. The van der Waals surface area contributed by atoms with Crippen molar-refractivity contribution >= 4 is 28.7 Å². The molecule has 0 bridgehead atoms. The zero-order chi connectivity index (χ0) is 7.56. The minimum absolute atomic E-state index is 0.171. The highest BCUT2D eigenvalue weighted by atomic mass is 127. The lowest BCUT2D eigenvalue weighted by atomic mass is 10.2. The summed E-state index contributed by atoms with van der Waals surface area (Å²) >= 11 is 2.32. The maximum Gasteiger partial charge on any atom is 0.409 e. The standard InChI is InChI=1S/C6H10INO2/c1-2-10-6(9)8-3-5(7)4-8/h5H,2-4H2,1H3. The summed E-state index contributed by atoms with van der Waals surface area (Å²) in [5.41, 5.74) is 0. The van der Waals surface area contributed by atoms with Crippen molar-refractivity contribution in [2.75, 3.05) is 19.7 Å². The van der Waals surface area contributed by atoms with E-state index >= 15 is 0 Å². The molecule has 0 aromatic rings. The first-order valence-corrected chi connectivity index (χ1v) is 4.54. The predicted molar refractivity (Wildman–Crippen MR) is 46.4 cm³/mol. The summed E-state index contributed by atoms with van der Waals surface area (Å²) < 4.78 is 5.40. The fraction of sp³-hybridized carbons (Fsp3) is 0.833. The minimum atomic E-state index is -0.171. The third kappa shape index (κ3) is 1.74. The fourth-order valence-corrected chi connectivity index (χ4v) is 1.74. The van der Waals surface area contributed by atoms with E-state index < -0.39 is 0 Å². The molecule has 1 aliphatic rings. The zero-order valence-corrected chi connectivity index (χ0v) is 8.00. The zero-order valence-electron chi connectivity index (χ0n) is 5.84. The highest BCUT2D eigenvalue weighted by molar-refractivity contribution is 14.1. The molecule has 1 rings (SSSR count). The maximum absolute atomic E-state index is 10.9. The van der Waals surface area contributed by atoms with Gasteiger partial charge in [0.1, 0.15) is 0 Å². The van der Waals surface area contributed by atoms with Crippen LogP contribution in [0.15, 0.2) is 0 Å². The van der Waals surface area contributed by atoms with Gasteiger partial charge in [0.2, 0.25) is 0 Å². The first kappa shape index (κ1) is 8.10. The number of rotatable bonds is 1. The Labute approximate surface area is 73.9 Å². The number of hydrogen-bond acceptors (Lipinski definition) is 2. The van der Waals surface area contributed by atoms with Crippen molar-refractivity contribution in [3.8, 4) is 0 Å². The van der Waals surface area contributed by atoms with Gasteiger partial charge in [-0.3, -0.25) is 0 Å². The van der Waals surface area contributed by atoms with Gasteiger partial charge in [0.05, 0.1) is 6.61 Å². The first-order chi connectivity index (χ1) is 4.74. The Kier molecular flexibility index (Phi) is 2.76. The summed E-state index contributed by atoms with van der Waals surface area (Å²) in [5.74, 6) is 0. The molecule has 3 nitrogen and oxygen atoms in total. The van der Waals surface area contributed by atoms with E-state index in [0.29, 0.717) is 10.5 Å². The lowest BCUT2D eigenvalue weighted by molar-refractivity contribution is 0.0893. The molecule has 1 fully saturated rings. The van der Waals surface area contributed by atoms with Gasteiger partial charge >= 0.3 is 6.09 Å². The molecule has 0 saturated carbocycles. The van der Waals surface area contributed by atoms with Gasteiger partial charge in [-0.15, -0.1) is 0 Å². The van der Waals surface area contributed by atoms with Gasteiger partial charge in [0, 0.05) is 17.0 Å². The van der Waals surface area contributed by atoms with Crippen LogP contribution in [0, 0.1) is 0 Å². The Bertz CT molecular complexity index is 134. The Balaban J connectivity index is 2.18. The van der Waals surface area contributed by atoms with Crippen molar-refractivity contribution in [2.45, 2.75) is 10.8 Å². The molecule has 1 amide bonds. The topological polar surface area (TPSA) is 29.5 Å². The summed E-state index contributed by atoms with van der Waals surface area (Å²) in [6.07, 6.45) is -0.171. The Morgan fingerprint density at radius 1 is 1.80 bits per heavy atom. The van der Waals surface area contributed by atoms with E-state index in [9.17, 15) is 4.79 Å². The molecule has 10 heavy (non-hydrogen) atoms. The van der Waals surface area contributed by atoms with Crippen LogP contribution in [0.2, 0.25) is 0 Å². The van der Waals surface area contributed by atoms with Gasteiger partial charge in [0.25, 0.3) is 0 Å². The highest BCUT2D eigenvalue weighted by Gasteiger charge is 2.28. The van der Waals surface area contributed by atoms with E-state index in [1.54, 1.807) is 4.90 Å². The number of halogens is 1. The molecule has 0 N–H and O–H groups in total. The van der Waals surface area contributed by atoms with Gasteiger partial charge in [-0.2, -0.15) is 0 Å². The van der Waals surface area contributed by atoms with Crippen LogP contribution in [-0.2, 0) is 4.74 Å². The number of nitrogens with zero attached hydrogens (tertiary/aromatic N) is 1. The van der Waals surface area contributed by atoms with Crippen molar-refractivity contribution in [3.63, 3.8) is 0 Å². The second-order valence-electron chi connectivity index (χ2n) is 2.20. The second kappa shape index (κ2) is 3.41. The van der Waals surface area contributed by atoms with Crippen molar-refractivity contribution in [2.24, 2.45) is 0 Å². The van der Waals surface area contributed by atoms with Crippen LogP contribution < -0.4 is 0 Å². The van der Waals surface area contributed by atoms with Crippen LogP contribution in [0.5, 0.6) is 0 Å². The van der Waals surface area contributed by atoms with Crippen molar-refractivity contribution < 1.29 is 9.53 Å². The van der Waals surface area contributed by atoms with Crippen molar-refractivity contribution in [3.05, 3.63) is 0 Å². The molecule has 4 heteroatoms. The molecular formula is C6H10INO2. The monoisotopic (exact) mass is 255 g/mol. The Morgan fingerprint density at radius 2 is 2.40 bits per heavy atom. The van der Waals surface area contributed by atoms with Gasteiger partial charge in [0.15, 0.2) is 0 Å². The Morgan fingerprint density at radius 3 is 2.80 bits per heavy atom. The van der Waals surface area contributed by atoms with E-state index in [1.165, 1.54) is 0 Å². The number of carbonyl (C=O) groups excluding carboxylic acids is 1. The number of alkyl halides is 1. The molecule has 0 aliphatic carbocycles. The molecule has 58 valence electrons. The summed E-state index contributed by atoms with van der Waals surface area (Å²) in [6.45, 7) is 3.99. The molecule has 0 spiro atoms. The average molecular weight is 255 g/mol. The van der Waals surface area contributed by atoms with Gasteiger partial charge in [-0.05, 0) is 6.92 Å².